The van der Waals surface area contributed by atoms with E-state index < -0.39 is 0 Å². The molecule has 2 aromatic carbocycles. The lowest BCUT2D eigenvalue weighted by molar-refractivity contribution is 0.226. The minimum absolute atomic E-state index is 0.0861. The Labute approximate surface area is 215 Å². The van der Waals surface area contributed by atoms with Crippen molar-refractivity contribution in [2.24, 2.45) is 9.98 Å². The fraction of sp³-hybridized carbons (Fsp3) is 0.483. The van der Waals surface area contributed by atoms with Crippen molar-refractivity contribution >= 4 is 29.0 Å². The number of rotatable bonds is 6. The summed E-state index contributed by atoms with van der Waals surface area (Å²) in [5, 5.41) is 3.61. The molecular weight excluding hydrogens is 450 g/mol. The smallest absolute Gasteiger partial charge is 0.204 e. The number of hydrogen-bond acceptors (Lipinski definition) is 4. The van der Waals surface area contributed by atoms with Gasteiger partial charge in [-0.25, -0.2) is 0 Å². The fourth-order valence-corrected chi connectivity index (χ4v) is 6.59. The molecule has 0 aromatic heterocycles. The predicted octanol–water partition coefficient (Wildman–Crippen LogP) is 5.56. The molecule has 2 fully saturated rings. The summed E-state index contributed by atoms with van der Waals surface area (Å²) >= 11 is 6.09. The van der Waals surface area contributed by atoms with Gasteiger partial charge in [-0.3, -0.25) is 4.99 Å². The second-order valence-corrected chi connectivity index (χ2v) is 10.7. The quantitative estimate of drug-likeness (QED) is 0.542. The van der Waals surface area contributed by atoms with Crippen molar-refractivity contribution in [3.05, 3.63) is 71.8 Å². The standard InChI is InChI=1S/C29H37N5S/c1-33-27(32-25(28(33)17-9-10-18-28)30-21-23-13-5-3-6-14-23)34(2)29(19-11-12-20-29)26(35)31-22-24-15-7-4-8-16-24/h3-8,13-16H,9-12,17-22H2,1-2H3,(H,31,35). The van der Waals surface area contributed by atoms with Gasteiger partial charge in [0.2, 0.25) is 5.96 Å². The Kier molecular flexibility index (Phi) is 6.92. The molecule has 1 N–H and O–H groups in total. The SMILES string of the molecule is CN(C1=NC(=NCc2ccccc2)C2(CCCC2)N1C)C1(C(=S)NCc2ccccc2)CCCC1. The van der Waals surface area contributed by atoms with Crippen molar-refractivity contribution in [1.29, 1.82) is 0 Å². The summed E-state index contributed by atoms with van der Waals surface area (Å²) in [5.74, 6) is 2.02. The summed E-state index contributed by atoms with van der Waals surface area (Å²) in [6.07, 6.45) is 9.17. The summed E-state index contributed by atoms with van der Waals surface area (Å²) < 4.78 is 0. The van der Waals surface area contributed by atoms with Crippen molar-refractivity contribution in [1.82, 2.24) is 15.1 Å². The second-order valence-electron chi connectivity index (χ2n) is 10.3. The number of nitrogens with one attached hydrogen (secondary N) is 1. The molecule has 0 bridgehead atoms. The Morgan fingerprint density at radius 1 is 0.943 bits per heavy atom. The number of benzene rings is 2. The van der Waals surface area contributed by atoms with Crippen LogP contribution in [-0.4, -0.2) is 51.8 Å². The molecule has 2 aromatic rings. The lowest BCUT2D eigenvalue weighted by atomic mass is 9.93. The van der Waals surface area contributed by atoms with E-state index in [1.165, 1.54) is 36.8 Å². The molecule has 0 atom stereocenters. The Balaban J connectivity index is 1.41. The third-order valence-electron chi connectivity index (χ3n) is 8.34. The first-order valence-electron chi connectivity index (χ1n) is 13.0. The summed E-state index contributed by atoms with van der Waals surface area (Å²) in [6, 6.07) is 21.0. The van der Waals surface area contributed by atoms with Crippen LogP contribution in [-0.2, 0) is 13.1 Å². The number of aliphatic imine (C=N–C) groups is 2. The van der Waals surface area contributed by atoms with Crippen molar-refractivity contribution in [2.45, 2.75) is 75.5 Å². The van der Waals surface area contributed by atoms with Crippen LogP contribution in [0.3, 0.4) is 0 Å². The molecule has 5 nitrogen and oxygen atoms in total. The first-order valence-corrected chi connectivity index (χ1v) is 13.4. The predicted molar refractivity (Wildman–Crippen MR) is 149 cm³/mol. The van der Waals surface area contributed by atoms with Crippen molar-refractivity contribution in [3.8, 4) is 0 Å². The molecule has 5 rings (SSSR count). The molecule has 35 heavy (non-hydrogen) atoms. The number of likely N-dealkylation sites (N-methyl/N-ethyl adjacent to an activating group) is 2. The van der Waals surface area contributed by atoms with E-state index in [1.54, 1.807) is 0 Å². The van der Waals surface area contributed by atoms with Crippen LogP contribution in [0, 0.1) is 0 Å². The number of hydrogen-bond donors (Lipinski definition) is 1. The third kappa shape index (κ3) is 4.49. The maximum absolute atomic E-state index is 6.09. The van der Waals surface area contributed by atoms with Crippen LogP contribution in [0.4, 0.5) is 0 Å². The Bertz CT molecular complexity index is 1080. The number of amidine groups is 1. The normalized spacial score (nSPS) is 21.5. The highest BCUT2D eigenvalue weighted by molar-refractivity contribution is 7.80. The van der Waals surface area contributed by atoms with E-state index in [9.17, 15) is 0 Å². The first kappa shape index (κ1) is 24.0. The molecule has 3 aliphatic rings. The van der Waals surface area contributed by atoms with E-state index in [-0.39, 0.29) is 11.1 Å². The molecular formula is C29H37N5S. The molecule has 0 radical (unpaired) electrons. The number of guanidine groups is 1. The molecule has 184 valence electrons. The van der Waals surface area contributed by atoms with E-state index in [1.807, 2.05) is 0 Å². The van der Waals surface area contributed by atoms with Crippen molar-refractivity contribution in [2.75, 3.05) is 14.1 Å². The lowest BCUT2D eigenvalue weighted by Gasteiger charge is -2.44. The van der Waals surface area contributed by atoms with Crippen LogP contribution in [0.1, 0.15) is 62.5 Å². The van der Waals surface area contributed by atoms with Gasteiger partial charge in [-0.05, 0) is 36.8 Å². The second kappa shape index (κ2) is 10.1. The highest BCUT2D eigenvalue weighted by atomic mass is 32.1. The van der Waals surface area contributed by atoms with Crippen LogP contribution in [0.15, 0.2) is 70.6 Å². The fourth-order valence-electron chi connectivity index (χ4n) is 6.18. The van der Waals surface area contributed by atoms with E-state index in [0.717, 1.165) is 49.0 Å². The van der Waals surface area contributed by atoms with Gasteiger partial charge in [-0.1, -0.05) is 98.6 Å². The zero-order chi connectivity index (χ0) is 24.3. The van der Waals surface area contributed by atoms with Gasteiger partial charge < -0.3 is 15.1 Å². The highest BCUT2D eigenvalue weighted by Gasteiger charge is 2.52. The summed E-state index contributed by atoms with van der Waals surface area (Å²) in [5.41, 5.74) is 2.19. The van der Waals surface area contributed by atoms with E-state index in [4.69, 9.17) is 22.2 Å². The van der Waals surface area contributed by atoms with Crippen molar-refractivity contribution < 1.29 is 0 Å². The summed E-state index contributed by atoms with van der Waals surface area (Å²) in [7, 11) is 4.41. The van der Waals surface area contributed by atoms with Gasteiger partial charge >= 0.3 is 0 Å². The van der Waals surface area contributed by atoms with Gasteiger partial charge in [0.1, 0.15) is 10.5 Å². The molecule has 1 aliphatic heterocycles. The van der Waals surface area contributed by atoms with Crippen LogP contribution in [0.25, 0.3) is 0 Å². The Morgan fingerprint density at radius 3 is 2.14 bits per heavy atom. The molecule has 0 unspecified atom stereocenters. The van der Waals surface area contributed by atoms with Gasteiger partial charge in [0.05, 0.1) is 12.1 Å². The summed E-state index contributed by atoms with van der Waals surface area (Å²) in [6.45, 7) is 1.43. The average Bonchev–Trinajstić information content (AvgIpc) is 3.64. The third-order valence-corrected chi connectivity index (χ3v) is 8.86. The monoisotopic (exact) mass is 487 g/mol. The minimum atomic E-state index is -0.202. The minimum Gasteiger partial charge on any atom is -0.374 e. The van der Waals surface area contributed by atoms with Crippen LogP contribution in [0.2, 0.25) is 0 Å². The molecule has 2 aliphatic carbocycles. The molecule has 0 amide bonds. The van der Waals surface area contributed by atoms with Gasteiger partial charge in [-0.2, -0.15) is 4.99 Å². The van der Waals surface area contributed by atoms with Gasteiger partial charge in [-0.15, -0.1) is 0 Å². The highest BCUT2D eigenvalue weighted by Crippen LogP contribution is 2.43. The molecule has 6 heteroatoms. The molecule has 0 saturated heterocycles. The van der Waals surface area contributed by atoms with Crippen molar-refractivity contribution in [3.63, 3.8) is 0 Å². The van der Waals surface area contributed by atoms with E-state index in [0.29, 0.717) is 6.54 Å². The van der Waals surface area contributed by atoms with Gasteiger partial charge in [0, 0.05) is 20.6 Å². The van der Waals surface area contributed by atoms with E-state index in [2.05, 4.69) is 89.9 Å². The van der Waals surface area contributed by atoms with Crippen LogP contribution < -0.4 is 5.32 Å². The maximum atomic E-state index is 6.09. The molecule has 1 spiro atoms. The van der Waals surface area contributed by atoms with Gasteiger partial charge in [0.15, 0.2) is 5.84 Å². The first-order chi connectivity index (χ1) is 17.1. The average molecular weight is 488 g/mol. The molecule has 1 heterocycles. The largest absolute Gasteiger partial charge is 0.374 e. The maximum Gasteiger partial charge on any atom is 0.204 e. The van der Waals surface area contributed by atoms with Crippen LogP contribution in [0.5, 0.6) is 0 Å². The Morgan fingerprint density at radius 2 is 1.51 bits per heavy atom. The zero-order valence-corrected chi connectivity index (χ0v) is 21.9. The zero-order valence-electron chi connectivity index (χ0n) is 21.0. The van der Waals surface area contributed by atoms with Gasteiger partial charge in [0.25, 0.3) is 0 Å². The molecule has 2 saturated carbocycles. The van der Waals surface area contributed by atoms with E-state index >= 15 is 0 Å². The number of thiocarbonyl (C=S) groups is 1. The Hall–Kier alpha value is -2.73. The topological polar surface area (TPSA) is 43.2 Å². The lowest BCUT2D eigenvalue weighted by Crippen LogP contribution is -2.61. The summed E-state index contributed by atoms with van der Waals surface area (Å²) in [4.78, 5) is 16.1. The van der Waals surface area contributed by atoms with Crippen LogP contribution >= 0.6 is 12.2 Å². The number of nitrogens with zero attached hydrogens (tertiary/aromatic N) is 4.